The summed E-state index contributed by atoms with van der Waals surface area (Å²) in [4.78, 5) is 10.9. The molecule has 0 saturated carbocycles. The van der Waals surface area contributed by atoms with Crippen LogP contribution in [0.25, 0.3) is 0 Å². The van der Waals surface area contributed by atoms with Gasteiger partial charge in [0.25, 0.3) is 0 Å². The summed E-state index contributed by atoms with van der Waals surface area (Å²) < 4.78 is 19.5. The molecule has 1 heterocycles. The number of rotatable bonds is 6. The van der Waals surface area contributed by atoms with E-state index in [-0.39, 0.29) is 11.4 Å². The molecule has 0 radical (unpaired) electrons. The van der Waals surface area contributed by atoms with Crippen LogP contribution in [0.15, 0.2) is 72.8 Å². The summed E-state index contributed by atoms with van der Waals surface area (Å²) >= 11 is 0. The van der Waals surface area contributed by atoms with Crippen LogP contribution in [0.4, 0.5) is 10.1 Å². The first-order valence-corrected chi connectivity index (χ1v) is 9.63. The summed E-state index contributed by atoms with van der Waals surface area (Å²) in [6, 6.07) is 21.5. The average Bonchev–Trinajstić information content (AvgIpc) is 3.24. The number of aromatic carboxylic acids is 1. The summed E-state index contributed by atoms with van der Waals surface area (Å²) in [5.74, 6) is -1.18. The number of benzene rings is 3. The zero-order valence-corrected chi connectivity index (χ0v) is 15.9. The maximum Gasteiger partial charge on any atom is 0.335 e. The minimum Gasteiger partial charge on any atom is -0.478 e. The van der Waals surface area contributed by atoms with E-state index >= 15 is 0 Å². The minimum absolute atomic E-state index is 0.252. The number of carbonyl (C=O) groups is 1. The van der Waals surface area contributed by atoms with Crippen molar-refractivity contribution in [1.82, 2.24) is 0 Å². The Kier molecular flexibility index (Phi) is 5.32. The monoisotopic (exact) mass is 391 g/mol. The Morgan fingerprint density at radius 1 is 0.966 bits per heavy atom. The van der Waals surface area contributed by atoms with E-state index in [9.17, 15) is 9.18 Å². The van der Waals surface area contributed by atoms with E-state index in [0.717, 1.165) is 35.2 Å². The van der Waals surface area contributed by atoms with Gasteiger partial charge in [0.15, 0.2) is 0 Å². The lowest BCUT2D eigenvalue weighted by Gasteiger charge is -2.30. The van der Waals surface area contributed by atoms with Gasteiger partial charge < -0.3 is 15.2 Å². The fourth-order valence-corrected chi connectivity index (χ4v) is 3.81. The lowest BCUT2D eigenvalue weighted by molar-refractivity contribution is 0.0359. The molecular formula is C24H22FNO3. The van der Waals surface area contributed by atoms with Crippen molar-refractivity contribution < 1.29 is 19.0 Å². The first kappa shape index (κ1) is 19.2. The molecule has 1 aliphatic rings. The maximum atomic E-state index is 13.4. The molecule has 0 aromatic heterocycles. The molecule has 0 spiro atoms. The van der Waals surface area contributed by atoms with Crippen LogP contribution in [-0.4, -0.2) is 17.7 Å². The molecule has 1 fully saturated rings. The number of halogens is 1. The van der Waals surface area contributed by atoms with Crippen molar-refractivity contribution in [3.63, 3.8) is 0 Å². The van der Waals surface area contributed by atoms with Gasteiger partial charge >= 0.3 is 5.97 Å². The number of carboxylic acids is 1. The summed E-state index contributed by atoms with van der Waals surface area (Å²) in [5, 5.41) is 12.3. The van der Waals surface area contributed by atoms with Gasteiger partial charge in [0, 0.05) is 18.8 Å². The number of hydrogen-bond acceptors (Lipinski definition) is 3. The third-order valence-electron chi connectivity index (χ3n) is 5.38. The number of hydrogen-bond donors (Lipinski definition) is 2. The van der Waals surface area contributed by atoms with Gasteiger partial charge in [-0.15, -0.1) is 0 Å². The van der Waals surface area contributed by atoms with E-state index in [1.54, 1.807) is 36.4 Å². The van der Waals surface area contributed by atoms with Crippen LogP contribution in [0.3, 0.4) is 0 Å². The second-order valence-corrected chi connectivity index (χ2v) is 7.22. The Morgan fingerprint density at radius 3 is 2.14 bits per heavy atom. The lowest BCUT2D eigenvalue weighted by atomic mass is 9.84. The highest BCUT2D eigenvalue weighted by Crippen LogP contribution is 2.42. The topological polar surface area (TPSA) is 58.6 Å². The van der Waals surface area contributed by atoms with Crippen LogP contribution < -0.4 is 5.32 Å². The van der Waals surface area contributed by atoms with Gasteiger partial charge in [0.1, 0.15) is 11.4 Å². The van der Waals surface area contributed by atoms with E-state index in [1.165, 1.54) is 12.1 Å². The lowest BCUT2D eigenvalue weighted by Crippen LogP contribution is -2.26. The molecule has 4 rings (SSSR count). The second-order valence-electron chi connectivity index (χ2n) is 7.22. The third kappa shape index (κ3) is 4.00. The van der Waals surface area contributed by atoms with E-state index in [4.69, 9.17) is 9.84 Å². The Labute approximate surface area is 169 Å². The fraction of sp³-hybridized carbons (Fsp3) is 0.208. The van der Waals surface area contributed by atoms with E-state index < -0.39 is 11.6 Å². The predicted octanol–water partition coefficient (Wildman–Crippen LogP) is 5.19. The smallest absolute Gasteiger partial charge is 0.335 e. The molecule has 3 aromatic rings. The SMILES string of the molecule is O=C(O)c1ccc(CNc2ccc(C3(c4ccc(F)cc4)CCCO3)cc2)cc1. The summed E-state index contributed by atoms with van der Waals surface area (Å²) in [5.41, 5.74) is 3.73. The third-order valence-corrected chi connectivity index (χ3v) is 5.38. The molecule has 148 valence electrons. The van der Waals surface area contributed by atoms with Crippen molar-refractivity contribution in [1.29, 1.82) is 0 Å². The molecule has 1 saturated heterocycles. The molecule has 0 bridgehead atoms. The molecule has 5 heteroatoms. The number of carboxylic acid groups (broad SMARTS) is 1. The van der Waals surface area contributed by atoms with Gasteiger partial charge in [0.2, 0.25) is 0 Å². The van der Waals surface area contributed by atoms with Gasteiger partial charge in [-0.2, -0.15) is 0 Å². The van der Waals surface area contributed by atoms with Crippen molar-refractivity contribution in [3.8, 4) is 0 Å². The van der Waals surface area contributed by atoms with E-state index in [1.807, 2.05) is 24.3 Å². The average molecular weight is 391 g/mol. The van der Waals surface area contributed by atoms with Crippen LogP contribution in [0.1, 0.15) is 39.9 Å². The first-order chi connectivity index (χ1) is 14.1. The van der Waals surface area contributed by atoms with Crippen LogP contribution >= 0.6 is 0 Å². The summed E-state index contributed by atoms with van der Waals surface area (Å²) in [6.07, 6.45) is 1.82. The zero-order chi connectivity index (χ0) is 20.3. The maximum absolute atomic E-state index is 13.4. The molecule has 1 aliphatic heterocycles. The van der Waals surface area contributed by atoms with Crippen molar-refractivity contribution in [3.05, 3.63) is 101 Å². The van der Waals surface area contributed by atoms with Gasteiger partial charge in [-0.25, -0.2) is 9.18 Å². The van der Waals surface area contributed by atoms with Crippen molar-refractivity contribution in [2.45, 2.75) is 25.0 Å². The molecule has 2 N–H and O–H groups in total. The zero-order valence-electron chi connectivity index (χ0n) is 15.9. The number of ether oxygens (including phenoxy) is 1. The van der Waals surface area contributed by atoms with Crippen LogP contribution in [0, 0.1) is 5.82 Å². The van der Waals surface area contributed by atoms with Crippen molar-refractivity contribution in [2.24, 2.45) is 0 Å². The summed E-state index contributed by atoms with van der Waals surface area (Å²) in [7, 11) is 0. The minimum atomic E-state index is -0.927. The highest BCUT2D eigenvalue weighted by Gasteiger charge is 2.38. The van der Waals surface area contributed by atoms with Gasteiger partial charge in [-0.05, 0) is 65.9 Å². The molecule has 29 heavy (non-hydrogen) atoms. The van der Waals surface area contributed by atoms with Gasteiger partial charge in [0.05, 0.1) is 5.56 Å². The van der Waals surface area contributed by atoms with Gasteiger partial charge in [-0.1, -0.05) is 36.4 Å². The van der Waals surface area contributed by atoms with Crippen molar-refractivity contribution in [2.75, 3.05) is 11.9 Å². The molecule has 1 unspecified atom stereocenters. The standard InChI is InChI=1S/C24H22FNO3/c25-21-10-6-19(7-11-21)24(14-1-15-29-24)20-8-12-22(13-9-20)26-16-17-2-4-18(5-3-17)23(27)28/h2-13,26H,1,14-16H2,(H,27,28). The normalized spacial score (nSPS) is 18.5. The van der Waals surface area contributed by atoms with Crippen LogP contribution in [-0.2, 0) is 16.9 Å². The Bertz CT molecular complexity index is 976. The first-order valence-electron chi connectivity index (χ1n) is 9.63. The molecule has 4 nitrogen and oxygen atoms in total. The number of anilines is 1. The largest absolute Gasteiger partial charge is 0.478 e. The van der Waals surface area contributed by atoms with Crippen LogP contribution in [0.5, 0.6) is 0 Å². The van der Waals surface area contributed by atoms with E-state index in [2.05, 4.69) is 5.32 Å². The highest BCUT2D eigenvalue weighted by molar-refractivity contribution is 5.87. The quantitative estimate of drug-likeness (QED) is 0.607. The van der Waals surface area contributed by atoms with E-state index in [0.29, 0.717) is 13.2 Å². The van der Waals surface area contributed by atoms with Gasteiger partial charge in [-0.3, -0.25) is 0 Å². The number of nitrogens with one attached hydrogen (secondary N) is 1. The van der Waals surface area contributed by atoms with Crippen molar-refractivity contribution >= 4 is 11.7 Å². The van der Waals surface area contributed by atoms with Crippen LogP contribution in [0.2, 0.25) is 0 Å². The Morgan fingerprint density at radius 2 is 1.59 bits per heavy atom. The molecule has 1 atom stereocenters. The second kappa shape index (κ2) is 8.05. The molecular weight excluding hydrogens is 369 g/mol. The highest BCUT2D eigenvalue weighted by atomic mass is 19.1. The summed E-state index contributed by atoms with van der Waals surface area (Å²) in [6.45, 7) is 1.28. The Hall–Kier alpha value is -3.18. The fourth-order valence-electron chi connectivity index (χ4n) is 3.81. The molecule has 0 amide bonds. The predicted molar refractivity (Wildman–Crippen MR) is 110 cm³/mol. The Balaban J connectivity index is 1.49. The molecule has 0 aliphatic carbocycles. The molecule has 3 aromatic carbocycles.